The fourth-order valence-electron chi connectivity index (χ4n) is 2.67. The number of rotatable bonds is 4. The number of thiazole rings is 1. The number of carbonyl (C=O) groups is 1. The average molecular weight is 395 g/mol. The number of hydrogen-bond donors (Lipinski definition) is 1. The van der Waals surface area contributed by atoms with Gasteiger partial charge in [0.25, 0.3) is 5.91 Å². The van der Waals surface area contributed by atoms with Crippen molar-refractivity contribution >= 4 is 34.5 Å². The Bertz CT molecular complexity index is 1120. The SMILES string of the molecule is Cc1ccc(C(=O)Nc2cccc(-c3csc(-c4ccccc4Cl)n3)c2)o1. The van der Waals surface area contributed by atoms with E-state index in [1.807, 2.05) is 53.9 Å². The highest BCUT2D eigenvalue weighted by Crippen LogP contribution is 2.33. The van der Waals surface area contributed by atoms with Crippen LogP contribution in [0.25, 0.3) is 21.8 Å². The Morgan fingerprint density at radius 3 is 2.74 bits per heavy atom. The number of amides is 1. The third kappa shape index (κ3) is 3.79. The van der Waals surface area contributed by atoms with E-state index in [-0.39, 0.29) is 11.7 Å². The summed E-state index contributed by atoms with van der Waals surface area (Å²) >= 11 is 7.80. The molecule has 0 saturated carbocycles. The fourth-order valence-corrected chi connectivity index (χ4v) is 3.82. The van der Waals surface area contributed by atoms with E-state index in [0.717, 1.165) is 21.8 Å². The molecule has 0 radical (unpaired) electrons. The molecule has 2 aromatic carbocycles. The second-order valence-electron chi connectivity index (χ2n) is 5.96. The number of hydrogen-bond acceptors (Lipinski definition) is 4. The van der Waals surface area contributed by atoms with E-state index in [0.29, 0.717) is 16.5 Å². The average Bonchev–Trinajstić information content (AvgIpc) is 3.32. The Kier molecular flexibility index (Phi) is 4.79. The van der Waals surface area contributed by atoms with Crippen LogP contribution in [0.2, 0.25) is 5.02 Å². The molecule has 2 heterocycles. The zero-order valence-corrected chi connectivity index (χ0v) is 16.0. The fraction of sp³-hybridized carbons (Fsp3) is 0.0476. The minimum absolute atomic E-state index is 0.282. The number of aromatic nitrogens is 1. The van der Waals surface area contributed by atoms with E-state index < -0.39 is 0 Å². The van der Waals surface area contributed by atoms with Gasteiger partial charge in [-0.05, 0) is 37.3 Å². The molecule has 1 N–H and O–H groups in total. The van der Waals surface area contributed by atoms with Gasteiger partial charge >= 0.3 is 0 Å². The molecule has 0 aliphatic carbocycles. The van der Waals surface area contributed by atoms with Crippen LogP contribution in [0.15, 0.2) is 70.5 Å². The molecule has 134 valence electrons. The summed E-state index contributed by atoms with van der Waals surface area (Å²) in [6.07, 6.45) is 0. The quantitative estimate of drug-likeness (QED) is 0.443. The van der Waals surface area contributed by atoms with Crippen LogP contribution in [0.1, 0.15) is 16.3 Å². The Hall–Kier alpha value is -2.89. The van der Waals surface area contributed by atoms with Gasteiger partial charge in [-0.2, -0.15) is 0 Å². The molecule has 0 spiro atoms. The normalized spacial score (nSPS) is 10.7. The highest BCUT2D eigenvalue weighted by Gasteiger charge is 2.12. The molecule has 0 aliphatic heterocycles. The molecule has 0 fully saturated rings. The lowest BCUT2D eigenvalue weighted by molar-refractivity contribution is 0.0995. The lowest BCUT2D eigenvalue weighted by atomic mass is 10.1. The van der Waals surface area contributed by atoms with E-state index in [9.17, 15) is 4.79 Å². The molecule has 4 nitrogen and oxygen atoms in total. The topological polar surface area (TPSA) is 55.1 Å². The standard InChI is InChI=1S/C21H15ClN2O2S/c1-13-9-10-19(26-13)20(25)23-15-6-4-5-14(11-15)18-12-27-21(24-18)16-7-2-3-8-17(16)22/h2-12H,1H3,(H,23,25). The van der Waals surface area contributed by atoms with E-state index in [4.69, 9.17) is 21.0 Å². The van der Waals surface area contributed by atoms with Crippen molar-refractivity contribution in [1.82, 2.24) is 4.98 Å². The summed E-state index contributed by atoms with van der Waals surface area (Å²) in [6, 6.07) is 18.6. The van der Waals surface area contributed by atoms with E-state index in [2.05, 4.69) is 5.32 Å². The Labute approximate surface area is 165 Å². The van der Waals surface area contributed by atoms with Crippen molar-refractivity contribution in [1.29, 1.82) is 0 Å². The highest BCUT2D eigenvalue weighted by atomic mass is 35.5. The first-order valence-electron chi connectivity index (χ1n) is 8.29. The van der Waals surface area contributed by atoms with Gasteiger partial charge in [0.15, 0.2) is 5.76 Å². The van der Waals surface area contributed by atoms with Crippen molar-refractivity contribution in [2.45, 2.75) is 6.92 Å². The molecule has 0 atom stereocenters. The number of benzene rings is 2. The Morgan fingerprint density at radius 2 is 1.96 bits per heavy atom. The van der Waals surface area contributed by atoms with Crippen LogP contribution in [-0.4, -0.2) is 10.9 Å². The lowest BCUT2D eigenvalue weighted by Crippen LogP contribution is -2.10. The Balaban J connectivity index is 1.58. The van der Waals surface area contributed by atoms with Gasteiger partial charge in [-0.1, -0.05) is 41.9 Å². The third-order valence-corrected chi connectivity index (χ3v) is 5.19. The van der Waals surface area contributed by atoms with Crippen LogP contribution in [-0.2, 0) is 0 Å². The highest BCUT2D eigenvalue weighted by molar-refractivity contribution is 7.13. The maximum absolute atomic E-state index is 12.3. The maximum atomic E-state index is 12.3. The number of halogens is 1. The van der Waals surface area contributed by atoms with Gasteiger partial charge < -0.3 is 9.73 Å². The van der Waals surface area contributed by atoms with Crippen molar-refractivity contribution in [2.75, 3.05) is 5.32 Å². The molecule has 4 aromatic rings. The van der Waals surface area contributed by atoms with E-state index in [1.165, 1.54) is 11.3 Å². The molecule has 1 amide bonds. The van der Waals surface area contributed by atoms with Crippen molar-refractivity contribution in [3.63, 3.8) is 0 Å². The van der Waals surface area contributed by atoms with Gasteiger partial charge in [0.1, 0.15) is 10.8 Å². The summed E-state index contributed by atoms with van der Waals surface area (Å²) < 4.78 is 5.36. The van der Waals surface area contributed by atoms with Crippen molar-refractivity contribution in [2.24, 2.45) is 0 Å². The minimum atomic E-state index is -0.282. The molecule has 0 unspecified atom stereocenters. The smallest absolute Gasteiger partial charge is 0.291 e. The molecule has 27 heavy (non-hydrogen) atoms. The second kappa shape index (κ2) is 7.39. The van der Waals surface area contributed by atoms with Crippen molar-refractivity contribution in [3.8, 4) is 21.8 Å². The number of carbonyl (C=O) groups excluding carboxylic acids is 1. The minimum Gasteiger partial charge on any atom is -0.456 e. The molecule has 2 aromatic heterocycles. The zero-order chi connectivity index (χ0) is 18.8. The number of nitrogens with zero attached hydrogens (tertiary/aromatic N) is 1. The van der Waals surface area contributed by atoms with Crippen LogP contribution in [0.3, 0.4) is 0 Å². The van der Waals surface area contributed by atoms with Crippen molar-refractivity contribution in [3.05, 3.63) is 82.6 Å². The van der Waals surface area contributed by atoms with Gasteiger partial charge in [0.2, 0.25) is 0 Å². The molecule has 4 rings (SSSR count). The molecular weight excluding hydrogens is 380 g/mol. The lowest BCUT2D eigenvalue weighted by Gasteiger charge is -2.05. The zero-order valence-electron chi connectivity index (χ0n) is 14.4. The van der Waals surface area contributed by atoms with Gasteiger partial charge in [-0.3, -0.25) is 4.79 Å². The molecule has 0 saturated heterocycles. The maximum Gasteiger partial charge on any atom is 0.291 e. The van der Waals surface area contributed by atoms with E-state index in [1.54, 1.807) is 19.1 Å². The van der Waals surface area contributed by atoms with E-state index >= 15 is 0 Å². The molecule has 0 bridgehead atoms. The number of furan rings is 1. The predicted octanol–water partition coefficient (Wildman–Crippen LogP) is 6.28. The number of anilines is 1. The first-order valence-corrected chi connectivity index (χ1v) is 9.54. The monoisotopic (exact) mass is 394 g/mol. The number of aryl methyl sites for hydroxylation is 1. The van der Waals surface area contributed by atoms with Gasteiger partial charge in [0, 0.05) is 22.2 Å². The summed E-state index contributed by atoms with van der Waals surface area (Å²) in [5.74, 6) is 0.700. The summed E-state index contributed by atoms with van der Waals surface area (Å²) in [5.41, 5.74) is 3.34. The third-order valence-electron chi connectivity index (χ3n) is 3.99. The van der Waals surface area contributed by atoms with Crippen LogP contribution in [0.4, 0.5) is 5.69 Å². The molecule has 0 aliphatic rings. The van der Waals surface area contributed by atoms with Gasteiger partial charge in [0.05, 0.1) is 10.7 Å². The summed E-state index contributed by atoms with van der Waals surface area (Å²) in [7, 11) is 0. The van der Waals surface area contributed by atoms with Crippen LogP contribution in [0, 0.1) is 6.92 Å². The van der Waals surface area contributed by atoms with Crippen LogP contribution >= 0.6 is 22.9 Å². The largest absolute Gasteiger partial charge is 0.456 e. The first kappa shape index (κ1) is 17.5. The summed E-state index contributed by atoms with van der Waals surface area (Å²) in [4.78, 5) is 17.0. The summed E-state index contributed by atoms with van der Waals surface area (Å²) in [5, 5.41) is 6.36. The van der Waals surface area contributed by atoms with Crippen molar-refractivity contribution < 1.29 is 9.21 Å². The van der Waals surface area contributed by atoms with Crippen LogP contribution < -0.4 is 5.32 Å². The van der Waals surface area contributed by atoms with Gasteiger partial charge in [-0.15, -0.1) is 11.3 Å². The number of nitrogens with one attached hydrogen (secondary N) is 1. The second-order valence-corrected chi connectivity index (χ2v) is 7.23. The van der Waals surface area contributed by atoms with Gasteiger partial charge in [-0.25, -0.2) is 4.98 Å². The predicted molar refractivity (Wildman–Crippen MR) is 109 cm³/mol. The summed E-state index contributed by atoms with van der Waals surface area (Å²) in [6.45, 7) is 1.80. The van der Waals surface area contributed by atoms with Crippen LogP contribution in [0.5, 0.6) is 0 Å². The molecular formula is C21H15ClN2O2S. The Morgan fingerprint density at radius 1 is 1.11 bits per heavy atom. The first-order chi connectivity index (χ1) is 13.1. The molecule has 6 heteroatoms.